The summed E-state index contributed by atoms with van der Waals surface area (Å²) in [6, 6.07) is 1.75. The predicted octanol–water partition coefficient (Wildman–Crippen LogP) is 2.15. The van der Waals surface area contributed by atoms with E-state index in [4.69, 9.17) is 21.2 Å². The molecule has 1 aliphatic rings. The molecular formula is C14H16ClN5O3. The second-order valence-corrected chi connectivity index (χ2v) is 5.56. The Morgan fingerprint density at radius 2 is 2.13 bits per heavy atom. The van der Waals surface area contributed by atoms with Crippen LogP contribution in [-0.2, 0) is 6.42 Å². The molecule has 2 aromatic heterocycles. The average Bonchev–Trinajstić information content (AvgIpc) is 3.04. The van der Waals surface area contributed by atoms with E-state index in [0.717, 1.165) is 0 Å². The summed E-state index contributed by atoms with van der Waals surface area (Å²) in [7, 11) is 0. The third-order valence-corrected chi connectivity index (χ3v) is 3.98. The van der Waals surface area contributed by atoms with Gasteiger partial charge >= 0.3 is 6.09 Å². The molecule has 0 saturated carbocycles. The van der Waals surface area contributed by atoms with Crippen LogP contribution in [0.4, 0.5) is 10.6 Å². The van der Waals surface area contributed by atoms with Gasteiger partial charge in [-0.15, -0.1) is 0 Å². The van der Waals surface area contributed by atoms with Crippen LogP contribution in [0.25, 0.3) is 11.4 Å². The fourth-order valence-corrected chi connectivity index (χ4v) is 2.70. The number of aromatic nitrogens is 3. The number of piperazine rings is 1. The molecule has 1 fully saturated rings. The third-order valence-electron chi connectivity index (χ3n) is 3.70. The molecule has 0 aliphatic carbocycles. The smallest absolute Gasteiger partial charge is 0.407 e. The summed E-state index contributed by atoms with van der Waals surface area (Å²) in [5.74, 6) is 1.66. The Kier molecular flexibility index (Phi) is 4.33. The minimum atomic E-state index is -0.900. The Balaban J connectivity index is 1.76. The lowest BCUT2D eigenvalue weighted by Gasteiger charge is -2.34. The van der Waals surface area contributed by atoms with Crippen LogP contribution >= 0.6 is 11.6 Å². The zero-order chi connectivity index (χ0) is 16.4. The number of nitrogens with zero attached hydrogens (tertiary/aromatic N) is 5. The summed E-state index contributed by atoms with van der Waals surface area (Å²) >= 11 is 6.33. The maximum Gasteiger partial charge on any atom is 0.407 e. The van der Waals surface area contributed by atoms with Crippen LogP contribution in [0.15, 0.2) is 16.8 Å². The molecule has 8 nitrogen and oxygen atoms in total. The van der Waals surface area contributed by atoms with Crippen LogP contribution in [0.1, 0.15) is 12.8 Å². The van der Waals surface area contributed by atoms with Crippen molar-refractivity contribution in [2.75, 3.05) is 31.1 Å². The SMILES string of the molecule is CCc1nc(-c2cnc(N3CCN(C(=O)O)CC3)c(Cl)c2)no1. The van der Waals surface area contributed by atoms with Gasteiger partial charge in [0.2, 0.25) is 11.7 Å². The molecule has 2 aromatic rings. The van der Waals surface area contributed by atoms with Crippen LogP contribution in [0.5, 0.6) is 0 Å². The molecule has 1 aliphatic heterocycles. The highest BCUT2D eigenvalue weighted by Gasteiger charge is 2.23. The molecule has 1 N–H and O–H groups in total. The first kappa shape index (κ1) is 15.5. The number of anilines is 1. The average molecular weight is 338 g/mol. The molecule has 1 amide bonds. The Labute approximate surface area is 137 Å². The van der Waals surface area contributed by atoms with Gasteiger partial charge in [0, 0.05) is 44.4 Å². The normalized spacial score (nSPS) is 15.0. The molecule has 9 heteroatoms. The first-order valence-electron chi connectivity index (χ1n) is 7.29. The van der Waals surface area contributed by atoms with E-state index in [2.05, 4.69) is 15.1 Å². The van der Waals surface area contributed by atoms with Gasteiger partial charge in [-0.05, 0) is 6.07 Å². The summed E-state index contributed by atoms with van der Waals surface area (Å²) in [4.78, 5) is 22.9. The Morgan fingerprint density at radius 3 is 2.70 bits per heavy atom. The monoisotopic (exact) mass is 337 g/mol. The van der Waals surface area contributed by atoms with Crippen molar-refractivity contribution in [1.29, 1.82) is 0 Å². The molecule has 3 heterocycles. The minimum Gasteiger partial charge on any atom is -0.465 e. The standard InChI is InChI=1S/C14H16ClN5O3/c1-2-11-17-12(18-23-11)9-7-10(15)13(16-8-9)19-3-5-20(6-4-19)14(21)22/h7-8H,2-6H2,1H3,(H,21,22). The molecule has 0 radical (unpaired) electrons. The largest absolute Gasteiger partial charge is 0.465 e. The summed E-state index contributed by atoms with van der Waals surface area (Å²) < 4.78 is 5.09. The minimum absolute atomic E-state index is 0.430. The van der Waals surface area contributed by atoms with Gasteiger partial charge in [-0.25, -0.2) is 9.78 Å². The fraction of sp³-hybridized carbons (Fsp3) is 0.429. The molecule has 23 heavy (non-hydrogen) atoms. The van der Waals surface area contributed by atoms with Gasteiger partial charge < -0.3 is 19.4 Å². The van der Waals surface area contributed by atoms with Crippen molar-refractivity contribution >= 4 is 23.5 Å². The molecule has 122 valence electrons. The van der Waals surface area contributed by atoms with Crippen molar-refractivity contribution in [2.45, 2.75) is 13.3 Å². The maximum atomic E-state index is 10.9. The van der Waals surface area contributed by atoms with E-state index in [1.807, 2.05) is 11.8 Å². The van der Waals surface area contributed by atoms with E-state index in [9.17, 15) is 4.79 Å². The fourth-order valence-electron chi connectivity index (χ4n) is 2.41. The lowest BCUT2D eigenvalue weighted by molar-refractivity contribution is 0.142. The highest BCUT2D eigenvalue weighted by molar-refractivity contribution is 6.33. The van der Waals surface area contributed by atoms with Crippen molar-refractivity contribution in [2.24, 2.45) is 0 Å². The number of carboxylic acid groups (broad SMARTS) is 1. The molecule has 1 saturated heterocycles. The molecule has 0 bridgehead atoms. The van der Waals surface area contributed by atoms with Crippen LogP contribution in [0, 0.1) is 0 Å². The zero-order valence-electron chi connectivity index (χ0n) is 12.6. The number of carbonyl (C=O) groups is 1. The molecular weight excluding hydrogens is 322 g/mol. The summed E-state index contributed by atoms with van der Waals surface area (Å²) in [5, 5.41) is 13.4. The van der Waals surface area contributed by atoms with Crippen LogP contribution in [-0.4, -0.2) is 57.4 Å². The van der Waals surface area contributed by atoms with Crippen LogP contribution < -0.4 is 4.90 Å². The molecule has 0 unspecified atom stereocenters. The Morgan fingerprint density at radius 1 is 1.39 bits per heavy atom. The van der Waals surface area contributed by atoms with Crippen molar-refractivity contribution in [3.63, 3.8) is 0 Å². The number of halogens is 1. The van der Waals surface area contributed by atoms with Crippen molar-refractivity contribution < 1.29 is 14.4 Å². The zero-order valence-corrected chi connectivity index (χ0v) is 13.3. The lowest BCUT2D eigenvalue weighted by Crippen LogP contribution is -2.48. The van der Waals surface area contributed by atoms with Gasteiger partial charge in [0.1, 0.15) is 5.82 Å². The molecule has 0 aromatic carbocycles. The number of pyridine rings is 1. The second-order valence-electron chi connectivity index (χ2n) is 5.15. The third kappa shape index (κ3) is 3.21. The molecule has 0 spiro atoms. The van der Waals surface area contributed by atoms with Crippen LogP contribution in [0.2, 0.25) is 5.02 Å². The number of hydrogen-bond donors (Lipinski definition) is 1. The molecule has 3 rings (SSSR count). The van der Waals surface area contributed by atoms with E-state index in [1.165, 1.54) is 4.90 Å². The van der Waals surface area contributed by atoms with Gasteiger partial charge in [-0.3, -0.25) is 0 Å². The predicted molar refractivity (Wildman–Crippen MR) is 83.7 cm³/mol. The van der Waals surface area contributed by atoms with Gasteiger partial charge in [-0.2, -0.15) is 4.98 Å². The number of rotatable bonds is 3. The number of amides is 1. The number of hydrogen-bond acceptors (Lipinski definition) is 6. The summed E-state index contributed by atoms with van der Waals surface area (Å²) in [6.07, 6.45) is 1.41. The Bertz CT molecular complexity index is 712. The van der Waals surface area contributed by atoms with Crippen molar-refractivity contribution in [3.8, 4) is 11.4 Å². The highest BCUT2D eigenvalue weighted by atomic mass is 35.5. The van der Waals surface area contributed by atoms with Crippen molar-refractivity contribution in [1.82, 2.24) is 20.0 Å². The van der Waals surface area contributed by atoms with Gasteiger partial charge in [0.15, 0.2) is 0 Å². The second kappa shape index (κ2) is 6.41. The summed E-state index contributed by atoms with van der Waals surface area (Å²) in [6.45, 7) is 3.91. The van der Waals surface area contributed by atoms with E-state index >= 15 is 0 Å². The Hall–Kier alpha value is -2.35. The van der Waals surface area contributed by atoms with Crippen molar-refractivity contribution in [3.05, 3.63) is 23.2 Å². The molecule has 0 atom stereocenters. The number of aryl methyl sites for hydroxylation is 1. The van der Waals surface area contributed by atoms with Gasteiger partial charge in [-0.1, -0.05) is 23.7 Å². The summed E-state index contributed by atoms with van der Waals surface area (Å²) in [5.41, 5.74) is 0.686. The first-order chi connectivity index (χ1) is 11.1. The van der Waals surface area contributed by atoms with E-state index in [1.54, 1.807) is 12.3 Å². The highest BCUT2D eigenvalue weighted by Crippen LogP contribution is 2.28. The van der Waals surface area contributed by atoms with E-state index < -0.39 is 6.09 Å². The maximum absolute atomic E-state index is 10.9. The van der Waals surface area contributed by atoms with E-state index in [0.29, 0.717) is 60.7 Å². The lowest BCUT2D eigenvalue weighted by atomic mass is 10.2. The van der Waals surface area contributed by atoms with Crippen LogP contribution in [0.3, 0.4) is 0 Å². The quantitative estimate of drug-likeness (QED) is 0.916. The topological polar surface area (TPSA) is 95.6 Å². The first-order valence-corrected chi connectivity index (χ1v) is 7.67. The van der Waals surface area contributed by atoms with Gasteiger partial charge in [0.05, 0.1) is 5.02 Å². The van der Waals surface area contributed by atoms with E-state index in [-0.39, 0.29) is 0 Å². The van der Waals surface area contributed by atoms with Gasteiger partial charge in [0.25, 0.3) is 0 Å².